The van der Waals surface area contributed by atoms with Crippen molar-refractivity contribution in [2.24, 2.45) is 0 Å². The van der Waals surface area contributed by atoms with Crippen LogP contribution in [0, 0.1) is 13.8 Å². The first-order chi connectivity index (χ1) is 10.2. The molecule has 0 bridgehead atoms. The van der Waals surface area contributed by atoms with Crippen molar-refractivity contribution in [1.29, 1.82) is 0 Å². The highest BCUT2D eigenvalue weighted by Gasteiger charge is 2.21. The Kier molecular flexibility index (Phi) is 4.12. The van der Waals surface area contributed by atoms with Crippen molar-refractivity contribution in [2.45, 2.75) is 45.1 Å². The first kappa shape index (κ1) is 14.3. The van der Waals surface area contributed by atoms with Crippen LogP contribution in [0.3, 0.4) is 0 Å². The van der Waals surface area contributed by atoms with Crippen LogP contribution >= 0.6 is 0 Å². The molecule has 3 rings (SSSR count). The second-order valence-corrected chi connectivity index (χ2v) is 6.38. The van der Waals surface area contributed by atoms with E-state index in [1.807, 2.05) is 0 Å². The van der Waals surface area contributed by atoms with Gasteiger partial charge in [-0.25, -0.2) is 0 Å². The molecule has 1 nitrogen and oxygen atoms in total. The molecule has 1 heteroatoms. The summed E-state index contributed by atoms with van der Waals surface area (Å²) in [5, 5.41) is 3.50. The molecule has 110 valence electrons. The lowest BCUT2D eigenvalue weighted by molar-refractivity contribution is 0.419. The Morgan fingerprint density at radius 1 is 1.05 bits per heavy atom. The van der Waals surface area contributed by atoms with Crippen LogP contribution in [0.2, 0.25) is 0 Å². The summed E-state index contributed by atoms with van der Waals surface area (Å²) < 4.78 is 0. The SMILES string of the molecule is CNC(c1cccc(C2CCC2)c1)c1ccc(C)cc1C. The second-order valence-electron chi connectivity index (χ2n) is 6.38. The normalized spacial score (nSPS) is 16.5. The number of nitrogens with one attached hydrogen (secondary N) is 1. The molecule has 1 aliphatic carbocycles. The molecular formula is C20H25N. The molecule has 1 unspecified atom stereocenters. The van der Waals surface area contributed by atoms with Crippen molar-refractivity contribution in [1.82, 2.24) is 5.32 Å². The molecular weight excluding hydrogens is 254 g/mol. The number of benzene rings is 2. The van der Waals surface area contributed by atoms with E-state index in [1.165, 1.54) is 47.1 Å². The molecule has 1 saturated carbocycles. The van der Waals surface area contributed by atoms with Crippen LogP contribution in [0.25, 0.3) is 0 Å². The number of hydrogen-bond acceptors (Lipinski definition) is 1. The van der Waals surface area contributed by atoms with Crippen LogP contribution in [-0.2, 0) is 0 Å². The third-order valence-electron chi connectivity index (χ3n) is 4.85. The van der Waals surface area contributed by atoms with Crippen molar-refractivity contribution in [3.05, 3.63) is 70.3 Å². The molecule has 2 aromatic rings. The predicted molar refractivity (Wildman–Crippen MR) is 89.9 cm³/mol. The Labute approximate surface area is 128 Å². The highest BCUT2D eigenvalue weighted by molar-refractivity contribution is 5.40. The first-order valence-electron chi connectivity index (χ1n) is 8.03. The molecule has 1 fully saturated rings. The number of aryl methyl sites for hydroxylation is 2. The van der Waals surface area contributed by atoms with Crippen LogP contribution in [0.5, 0.6) is 0 Å². The maximum absolute atomic E-state index is 3.50. The summed E-state index contributed by atoms with van der Waals surface area (Å²) in [6, 6.07) is 16.2. The Hall–Kier alpha value is -1.60. The summed E-state index contributed by atoms with van der Waals surface area (Å²) >= 11 is 0. The summed E-state index contributed by atoms with van der Waals surface area (Å²) in [4.78, 5) is 0. The first-order valence-corrected chi connectivity index (χ1v) is 8.03. The Bertz CT molecular complexity index is 625. The van der Waals surface area contributed by atoms with E-state index in [0.717, 1.165) is 5.92 Å². The molecule has 0 spiro atoms. The maximum atomic E-state index is 3.50. The van der Waals surface area contributed by atoms with Gasteiger partial charge in [0.2, 0.25) is 0 Å². The minimum absolute atomic E-state index is 0.283. The van der Waals surface area contributed by atoms with Gasteiger partial charge in [0.25, 0.3) is 0 Å². The molecule has 0 aliphatic heterocycles. The standard InChI is InChI=1S/C20H25N/c1-14-10-11-19(15(2)12-14)20(21-3)18-9-5-8-17(13-18)16-6-4-7-16/h5,8-13,16,20-21H,4,6-7H2,1-3H3. The molecule has 1 aliphatic rings. The molecule has 1 N–H and O–H groups in total. The van der Waals surface area contributed by atoms with Crippen molar-refractivity contribution >= 4 is 0 Å². The average Bonchev–Trinajstić information content (AvgIpc) is 2.40. The monoisotopic (exact) mass is 279 g/mol. The number of hydrogen-bond donors (Lipinski definition) is 1. The zero-order chi connectivity index (χ0) is 14.8. The van der Waals surface area contributed by atoms with Gasteiger partial charge >= 0.3 is 0 Å². The van der Waals surface area contributed by atoms with Gasteiger partial charge < -0.3 is 5.32 Å². The molecule has 0 saturated heterocycles. The van der Waals surface area contributed by atoms with Crippen molar-refractivity contribution < 1.29 is 0 Å². The van der Waals surface area contributed by atoms with E-state index >= 15 is 0 Å². The maximum Gasteiger partial charge on any atom is 0.0576 e. The van der Waals surface area contributed by atoms with Gasteiger partial charge in [-0.05, 0) is 61.9 Å². The van der Waals surface area contributed by atoms with E-state index in [9.17, 15) is 0 Å². The quantitative estimate of drug-likeness (QED) is 0.841. The van der Waals surface area contributed by atoms with E-state index in [1.54, 1.807) is 0 Å². The third kappa shape index (κ3) is 2.89. The van der Waals surface area contributed by atoms with Gasteiger partial charge in [-0.1, -0.05) is 54.4 Å². The highest BCUT2D eigenvalue weighted by atomic mass is 14.9. The summed E-state index contributed by atoms with van der Waals surface area (Å²) in [6.45, 7) is 4.37. The van der Waals surface area contributed by atoms with Crippen molar-refractivity contribution in [2.75, 3.05) is 7.05 Å². The van der Waals surface area contributed by atoms with Gasteiger partial charge in [-0.3, -0.25) is 0 Å². The van der Waals surface area contributed by atoms with Gasteiger partial charge in [0, 0.05) is 0 Å². The zero-order valence-corrected chi connectivity index (χ0v) is 13.3. The fourth-order valence-electron chi connectivity index (χ4n) is 3.39. The van der Waals surface area contributed by atoms with Crippen molar-refractivity contribution in [3.63, 3.8) is 0 Å². The van der Waals surface area contributed by atoms with E-state index in [-0.39, 0.29) is 6.04 Å². The lowest BCUT2D eigenvalue weighted by atomic mass is 9.79. The number of rotatable bonds is 4. The van der Waals surface area contributed by atoms with Crippen LogP contribution in [0.1, 0.15) is 59.0 Å². The van der Waals surface area contributed by atoms with Gasteiger partial charge in [0.05, 0.1) is 6.04 Å². The Morgan fingerprint density at radius 3 is 2.48 bits per heavy atom. The van der Waals surface area contributed by atoms with E-state index in [0.29, 0.717) is 0 Å². The fraction of sp³-hybridized carbons (Fsp3) is 0.400. The molecule has 0 aromatic heterocycles. The van der Waals surface area contributed by atoms with Gasteiger partial charge in [0.1, 0.15) is 0 Å². The van der Waals surface area contributed by atoms with Gasteiger partial charge in [-0.2, -0.15) is 0 Å². The van der Waals surface area contributed by atoms with Crippen molar-refractivity contribution in [3.8, 4) is 0 Å². The molecule has 1 atom stereocenters. The average molecular weight is 279 g/mol. The summed E-state index contributed by atoms with van der Waals surface area (Å²) in [5.41, 5.74) is 6.98. The van der Waals surface area contributed by atoms with Crippen LogP contribution in [0.15, 0.2) is 42.5 Å². The van der Waals surface area contributed by atoms with E-state index in [2.05, 4.69) is 68.7 Å². The van der Waals surface area contributed by atoms with Gasteiger partial charge in [0.15, 0.2) is 0 Å². The Morgan fingerprint density at radius 2 is 1.86 bits per heavy atom. The van der Waals surface area contributed by atoms with Crippen LogP contribution in [-0.4, -0.2) is 7.05 Å². The summed E-state index contributed by atoms with van der Waals surface area (Å²) in [7, 11) is 2.06. The lowest BCUT2D eigenvalue weighted by Gasteiger charge is -2.27. The molecule has 0 amide bonds. The van der Waals surface area contributed by atoms with E-state index < -0.39 is 0 Å². The summed E-state index contributed by atoms with van der Waals surface area (Å²) in [6.07, 6.45) is 4.11. The zero-order valence-electron chi connectivity index (χ0n) is 13.3. The topological polar surface area (TPSA) is 12.0 Å². The fourth-order valence-corrected chi connectivity index (χ4v) is 3.39. The van der Waals surface area contributed by atoms with Gasteiger partial charge in [-0.15, -0.1) is 0 Å². The van der Waals surface area contributed by atoms with Crippen LogP contribution in [0.4, 0.5) is 0 Å². The molecule has 0 heterocycles. The molecule has 21 heavy (non-hydrogen) atoms. The Balaban J connectivity index is 1.95. The largest absolute Gasteiger partial charge is 0.309 e. The minimum Gasteiger partial charge on any atom is -0.309 e. The highest BCUT2D eigenvalue weighted by Crippen LogP contribution is 2.37. The summed E-state index contributed by atoms with van der Waals surface area (Å²) in [5.74, 6) is 0.793. The molecule has 0 radical (unpaired) electrons. The second kappa shape index (κ2) is 6.03. The minimum atomic E-state index is 0.283. The smallest absolute Gasteiger partial charge is 0.0576 e. The lowest BCUT2D eigenvalue weighted by Crippen LogP contribution is -2.19. The predicted octanol–water partition coefficient (Wildman–Crippen LogP) is 4.88. The molecule has 2 aromatic carbocycles. The van der Waals surface area contributed by atoms with Crippen LogP contribution < -0.4 is 5.32 Å². The van der Waals surface area contributed by atoms with E-state index in [4.69, 9.17) is 0 Å². The third-order valence-corrected chi connectivity index (χ3v) is 4.85.